The van der Waals surface area contributed by atoms with Crippen molar-refractivity contribution in [2.24, 2.45) is 0 Å². The molecule has 4 unspecified atom stereocenters. The van der Waals surface area contributed by atoms with Crippen LogP contribution in [0.15, 0.2) is 264 Å². The van der Waals surface area contributed by atoms with Crippen molar-refractivity contribution in [2.75, 3.05) is 75.3 Å². The van der Waals surface area contributed by atoms with Gasteiger partial charge in [0.2, 0.25) is 23.6 Å². The Morgan fingerprint density at radius 3 is 0.914 bits per heavy atom. The quantitative estimate of drug-likeness (QED) is 0.0329. The van der Waals surface area contributed by atoms with E-state index in [1.165, 1.54) is 36.4 Å². The predicted octanol–water partition coefficient (Wildman–Crippen LogP) is 15.1. The number of nitrogen functional groups attached to an aromatic ring is 4. The number of halogens is 1. The number of likely N-dealkylation sites (tertiary alicyclic amines) is 4. The van der Waals surface area contributed by atoms with Gasteiger partial charge in [0.15, 0.2) is 23.3 Å². The predicted molar refractivity (Wildman–Crippen MR) is 532 cm³/mol. The molecule has 12 heterocycles. The van der Waals surface area contributed by atoms with Crippen LogP contribution in [0.4, 0.5) is 27.7 Å². The number of para-hydroxylation sites is 1. The fourth-order valence-electron chi connectivity index (χ4n) is 18.0. The Bertz CT molecular complexity index is 7450. The molecule has 0 aliphatic carbocycles. The number of nitrogens with two attached hydrogens (primary N) is 4. The molecule has 4 amide bonds. The first-order chi connectivity index (χ1) is 67.8. The minimum atomic E-state index is -0.411. The maximum absolute atomic E-state index is 13.5. The summed E-state index contributed by atoms with van der Waals surface area (Å²) >= 11 is 0. The highest BCUT2D eigenvalue weighted by molar-refractivity contribution is 6.03. The Labute approximate surface area is 799 Å². The summed E-state index contributed by atoms with van der Waals surface area (Å²) in [6, 6.07) is 58.0. The second kappa shape index (κ2) is 41.3. The molecule has 712 valence electrons. The van der Waals surface area contributed by atoms with Crippen LogP contribution in [0.25, 0.3) is 88.6 Å². The van der Waals surface area contributed by atoms with Gasteiger partial charge < -0.3 is 61.5 Å². The lowest BCUT2D eigenvalue weighted by Gasteiger charge is -2.32. The van der Waals surface area contributed by atoms with Gasteiger partial charge in [0.05, 0.1) is 45.7 Å². The third-order valence-corrected chi connectivity index (χ3v) is 24.9. The van der Waals surface area contributed by atoms with E-state index in [2.05, 4.69) is 67.1 Å². The first-order valence-corrected chi connectivity index (χ1v) is 45.6. The molecule has 12 N–H and O–H groups in total. The Morgan fingerprint density at radius 1 is 0.343 bits per heavy atom. The summed E-state index contributed by atoms with van der Waals surface area (Å²) in [6.45, 7) is 24.6. The number of aromatic nitrogens is 16. The number of nitrogens with one attached hydrogen (secondary N) is 4. The second-order valence-corrected chi connectivity index (χ2v) is 34.3. The lowest BCUT2D eigenvalue weighted by atomic mass is 10.1. The molecule has 8 aromatic heterocycles. The summed E-state index contributed by atoms with van der Waals surface area (Å²) in [7, 11) is 0. The first-order valence-electron chi connectivity index (χ1n) is 45.6. The number of amides is 4. The molecule has 4 aliphatic rings. The molecule has 16 aromatic rings. The van der Waals surface area contributed by atoms with Crippen LogP contribution < -0.4 is 64.1 Å². The number of anilines is 4. The lowest BCUT2D eigenvalue weighted by Crippen LogP contribution is -2.40. The number of aryl methyl sites for hydroxylation is 3. The van der Waals surface area contributed by atoms with Gasteiger partial charge in [-0.3, -0.25) is 57.1 Å². The number of fused-ring (bicyclic) bond motifs is 4. The molecule has 140 heavy (non-hydrogen) atoms. The average molecular weight is 1890 g/mol. The maximum atomic E-state index is 13.5. The Morgan fingerprint density at radius 2 is 0.621 bits per heavy atom. The molecule has 0 spiro atoms. The van der Waals surface area contributed by atoms with Crippen molar-refractivity contribution in [1.29, 1.82) is 0 Å². The van der Waals surface area contributed by atoms with Gasteiger partial charge in [-0.05, 0) is 247 Å². The average Bonchev–Trinajstić information content (AvgIpc) is 1.62. The molecule has 8 aromatic carbocycles. The van der Waals surface area contributed by atoms with Crippen molar-refractivity contribution >= 4 is 90.5 Å². The fraction of sp³-hybridized carbons (Fsp3) is 0.223. The highest BCUT2D eigenvalue weighted by Gasteiger charge is 2.35. The summed E-state index contributed by atoms with van der Waals surface area (Å²) in [5.41, 5.74) is 33.2. The number of rotatable bonds is 20. The Kier molecular flexibility index (Phi) is 27.7. The molecule has 4 saturated heterocycles. The van der Waals surface area contributed by atoms with Crippen LogP contribution in [0.1, 0.15) is 92.2 Å². The number of carbonyl (C=O) groups excluding carboxylic acids is 4. The zero-order valence-electron chi connectivity index (χ0n) is 77.0. The van der Waals surface area contributed by atoms with E-state index in [1.54, 1.807) is 74.7 Å². The van der Waals surface area contributed by atoms with E-state index in [4.69, 9.17) is 62.3 Å². The Hall–Kier alpha value is -17.7. The molecule has 4 aliphatic heterocycles. The minimum absolute atomic E-state index is 0.134. The fourth-order valence-corrected chi connectivity index (χ4v) is 18.0. The highest BCUT2D eigenvalue weighted by Crippen LogP contribution is 2.42. The van der Waals surface area contributed by atoms with Crippen LogP contribution in [-0.4, -0.2) is 175 Å². The first kappa shape index (κ1) is 94.1. The number of nitrogens with zero attached hydrogens (tertiary/aromatic N) is 16. The number of benzene rings is 8. The van der Waals surface area contributed by atoms with E-state index in [-0.39, 0.29) is 93.6 Å². The van der Waals surface area contributed by atoms with Crippen LogP contribution in [0.5, 0.6) is 46.0 Å². The molecule has 37 heteroatoms. The van der Waals surface area contributed by atoms with Crippen LogP contribution in [0.2, 0.25) is 0 Å². The molecule has 0 bridgehead atoms. The van der Waals surface area contributed by atoms with Crippen molar-refractivity contribution in [3.05, 3.63) is 309 Å². The van der Waals surface area contributed by atoms with Crippen molar-refractivity contribution in [3.8, 4) is 91.0 Å². The number of aromatic amines is 4. The molecular formula is C103H101FN24O12. The third kappa shape index (κ3) is 20.2. The molecule has 0 saturated carbocycles. The van der Waals surface area contributed by atoms with Crippen LogP contribution in [0.3, 0.4) is 0 Å². The van der Waals surface area contributed by atoms with E-state index < -0.39 is 5.56 Å². The highest BCUT2D eigenvalue weighted by atomic mass is 19.1. The van der Waals surface area contributed by atoms with Gasteiger partial charge in [-0.2, -0.15) is 40.8 Å². The molecule has 4 fully saturated rings. The standard InChI is InChI=1S/3C26H26N6O3.C25H23FN6O3/c1-3-21(33)31-13-5-7-18(15-31)32-24-22(25(27)28-29-26(24)34)23(30-32)17-9-11-19(12-10-17)35-20-8-4-6-16(2)14-20;1-3-21(33)31-14-4-5-18(15-31)32-24-22(25(27)28-29-26(24)34)23(30-32)17-8-12-20(13-9-17)35-19-10-6-16(2)7-11-19;1-3-21(33)31-14-6-8-18(15-31)32-24-22(25(27)28-29-26(24)34)23(30-32)17-10-12-19(13-11-17)35-20-9-5-4-7-16(20)2;1-2-20(33)31-12-4-6-17(14-31)32-23-21(24(27)28-29-25(23)34)22(30-32)15-8-10-18(11-9-15)35-19-7-3-5-16(26)13-19/h3-4,6,8-12,14,18H,1,5,7,13,15H2,2H3,(H2,27,28)(H,29,34);3,6-13,18H,1,4-5,14-15H2,2H3,(H2,27,28)(H,29,34);3-5,7,9-13,18H,1,6,8,14-15H2,2H3,(H2,27,28)(H,29,34);2-3,5,7-11,13,17H,1,4,6,12,14H2,(H2,27,28)(H,29,34). The summed E-state index contributed by atoms with van der Waals surface area (Å²) in [5.74, 6) is 4.98. The van der Waals surface area contributed by atoms with Gasteiger partial charge >= 0.3 is 0 Å². The number of hydrogen-bond donors (Lipinski definition) is 8. The monoisotopic (exact) mass is 1880 g/mol. The van der Waals surface area contributed by atoms with E-state index in [0.29, 0.717) is 153 Å². The topological polar surface area (TPSA) is 477 Å². The zero-order valence-corrected chi connectivity index (χ0v) is 77.0. The summed E-state index contributed by atoms with van der Waals surface area (Å²) < 4.78 is 43.8. The number of piperidine rings is 4. The number of carbonyl (C=O) groups is 4. The smallest absolute Gasteiger partial charge is 0.290 e. The molecule has 4 atom stereocenters. The number of H-pyrrole nitrogens is 4. The summed E-state index contributed by atoms with van der Waals surface area (Å²) in [6.07, 6.45) is 11.5. The summed E-state index contributed by atoms with van der Waals surface area (Å²) in [4.78, 5) is 107. The number of ether oxygens (including phenoxy) is 4. The number of hydrogen-bond acceptors (Lipinski definition) is 24. The van der Waals surface area contributed by atoms with Gasteiger partial charge in [0.1, 0.15) is 96.7 Å². The molecule has 20 rings (SSSR count). The zero-order chi connectivity index (χ0) is 98.1. The third-order valence-electron chi connectivity index (χ3n) is 24.9. The summed E-state index contributed by atoms with van der Waals surface area (Å²) in [5, 5.41) is 46.9. The van der Waals surface area contributed by atoms with E-state index in [0.717, 1.165) is 102 Å². The second-order valence-electron chi connectivity index (χ2n) is 34.3. The minimum Gasteiger partial charge on any atom is -0.457 e. The SMILES string of the molecule is C=CC(=O)N1CCCC(n2nc(-c3ccc(Oc4ccc(C)cc4)cc3)c3c(N)n[nH]c(=O)c32)C1.C=CC(=O)N1CCCC(n2nc(-c3ccc(Oc4cccc(C)c4)cc3)c3c(N)n[nH]c(=O)c32)C1.C=CC(=O)N1CCCC(n2nc(-c3ccc(Oc4cccc(F)c4)cc3)c3c(N)n[nH]c(=O)c32)C1.C=CC(=O)N1CCCC(n2nc(-c3ccc(Oc4ccccc4C)cc3)c3c(N)n[nH]c(=O)c32)C1. The van der Waals surface area contributed by atoms with Gasteiger partial charge in [-0.25, -0.2) is 24.8 Å². The van der Waals surface area contributed by atoms with Gasteiger partial charge in [0.25, 0.3) is 22.2 Å². The van der Waals surface area contributed by atoms with Crippen molar-refractivity contribution in [2.45, 2.75) is 96.3 Å². The normalized spacial score (nSPS) is 15.8. The Balaban J connectivity index is 0.000000129. The molecule has 36 nitrogen and oxygen atoms in total. The van der Waals surface area contributed by atoms with E-state index in [9.17, 15) is 42.7 Å². The van der Waals surface area contributed by atoms with Crippen LogP contribution in [-0.2, 0) is 19.2 Å². The van der Waals surface area contributed by atoms with Crippen LogP contribution >= 0.6 is 0 Å². The largest absolute Gasteiger partial charge is 0.457 e. The van der Waals surface area contributed by atoms with Crippen molar-refractivity contribution in [3.63, 3.8) is 0 Å². The van der Waals surface area contributed by atoms with E-state index in [1.807, 2.05) is 166 Å². The van der Waals surface area contributed by atoms with Crippen molar-refractivity contribution < 1.29 is 42.5 Å². The molecular weight excluding hydrogens is 1780 g/mol. The van der Waals surface area contributed by atoms with Gasteiger partial charge in [-0.1, -0.05) is 80.4 Å². The van der Waals surface area contributed by atoms with Gasteiger partial charge in [-0.15, -0.1) is 0 Å². The van der Waals surface area contributed by atoms with Crippen LogP contribution in [0, 0.1) is 26.6 Å². The molecule has 0 radical (unpaired) electrons. The van der Waals surface area contributed by atoms with Gasteiger partial charge in [0, 0.05) is 80.7 Å². The van der Waals surface area contributed by atoms with Crippen molar-refractivity contribution in [1.82, 2.24) is 99.5 Å². The maximum Gasteiger partial charge on any atom is 0.290 e. The van der Waals surface area contributed by atoms with E-state index >= 15 is 0 Å². The lowest BCUT2D eigenvalue weighted by molar-refractivity contribution is -0.128.